The highest BCUT2D eigenvalue weighted by atomic mass is 35.5. The van der Waals surface area contributed by atoms with E-state index >= 15 is 0 Å². The predicted molar refractivity (Wildman–Crippen MR) is 59.9 cm³/mol. The van der Waals surface area contributed by atoms with Gasteiger partial charge < -0.3 is 0 Å². The van der Waals surface area contributed by atoms with Gasteiger partial charge in [0.2, 0.25) is 0 Å². The Bertz CT molecular complexity index is 299. The summed E-state index contributed by atoms with van der Waals surface area (Å²) in [6, 6.07) is 9.75. The molecule has 2 heteroatoms. The van der Waals surface area contributed by atoms with Crippen molar-refractivity contribution in [2.75, 3.05) is 0 Å². The summed E-state index contributed by atoms with van der Waals surface area (Å²) in [5.74, 6) is 0.273. The topological polar surface area (TPSA) is 0 Å². The van der Waals surface area contributed by atoms with E-state index in [0.717, 1.165) is 5.56 Å². The van der Waals surface area contributed by atoms with Crippen molar-refractivity contribution in [2.45, 2.75) is 13.8 Å². The molecular formula is C11H12Cl2. The molecule has 0 atom stereocenters. The number of hydrogen-bond donors (Lipinski definition) is 0. The highest BCUT2D eigenvalue weighted by molar-refractivity contribution is 6.54. The molecule has 0 heterocycles. The normalized spacial score (nSPS) is 13.0. The molecule has 0 aliphatic heterocycles. The van der Waals surface area contributed by atoms with E-state index in [1.54, 1.807) is 0 Å². The molecule has 0 N–H and O–H groups in total. The van der Waals surface area contributed by atoms with Crippen LogP contribution in [0.1, 0.15) is 19.4 Å². The number of allylic oxidation sites excluding steroid dienone is 1. The number of benzene rings is 1. The van der Waals surface area contributed by atoms with Crippen LogP contribution in [0.3, 0.4) is 0 Å². The molecular weight excluding hydrogens is 203 g/mol. The van der Waals surface area contributed by atoms with Gasteiger partial charge in [0, 0.05) is 5.03 Å². The first-order valence-corrected chi connectivity index (χ1v) is 4.99. The third-order valence-corrected chi connectivity index (χ3v) is 2.89. The average Bonchev–Trinajstić information content (AvgIpc) is 2.17. The zero-order valence-corrected chi connectivity index (χ0v) is 9.23. The highest BCUT2D eigenvalue weighted by Gasteiger charge is 2.07. The molecule has 1 rings (SSSR count). The van der Waals surface area contributed by atoms with E-state index in [4.69, 9.17) is 23.2 Å². The van der Waals surface area contributed by atoms with Gasteiger partial charge >= 0.3 is 0 Å². The van der Waals surface area contributed by atoms with E-state index in [1.807, 2.05) is 44.2 Å². The maximum absolute atomic E-state index is 6.10. The molecule has 13 heavy (non-hydrogen) atoms. The van der Waals surface area contributed by atoms with Crippen LogP contribution in [0.2, 0.25) is 0 Å². The minimum absolute atomic E-state index is 0.273. The summed E-state index contributed by atoms with van der Waals surface area (Å²) in [5, 5.41) is 1.37. The molecule has 0 aromatic heterocycles. The van der Waals surface area contributed by atoms with Gasteiger partial charge in [-0.2, -0.15) is 0 Å². The Balaban J connectivity index is 3.03. The lowest BCUT2D eigenvalue weighted by Gasteiger charge is -2.06. The van der Waals surface area contributed by atoms with E-state index in [0.29, 0.717) is 10.1 Å². The summed E-state index contributed by atoms with van der Waals surface area (Å²) in [6.07, 6.45) is 0. The van der Waals surface area contributed by atoms with E-state index in [-0.39, 0.29) is 5.92 Å². The zero-order valence-electron chi connectivity index (χ0n) is 7.72. The molecule has 0 unspecified atom stereocenters. The minimum atomic E-state index is 0.273. The average molecular weight is 215 g/mol. The second-order valence-electron chi connectivity index (χ2n) is 3.18. The first kappa shape index (κ1) is 10.6. The van der Waals surface area contributed by atoms with Crippen molar-refractivity contribution in [3.63, 3.8) is 0 Å². The molecule has 1 aromatic rings. The van der Waals surface area contributed by atoms with E-state index in [9.17, 15) is 0 Å². The fraction of sp³-hybridized carbons (Fsp3) is 0.273. The number of halogens is 2. The standard InChI is InChI=1S/C11H12Cl2/c1-8(2)10(12)11(13)9-6-4-3-5-7-9/h3-8H,1-2H3/b11-10+. The molecule has 0 radical (unpaired) electrons. The van der Waals surface area contributed by atoms with E-state index in [1.165, 1.54) is 0 Å². The molecule has 0 spiro atoms. The molecule has 0 nitrogen and oxygen atoms in total. The van der Waals surface area contributed by atoms with Crippen LogP contribution in [0, 0.1) is 5.92 Å². The molecule has 0 fully saturated rings. The minimum Gasteiger partial charge on any atom is -0.0872 e. The van der Waals surface area contributed by atoms with Gasteiger partial charge in [-0.25, -0.2) is 0 Å². The van der Waals surface area contributed by atoms with Crippen molar-refractivity contribution >= 4 is 28.2 Å². The maximum Gasteiger partial charge on any atom is 0.0626 e. The van der Waals surface area contributed by atoms with Crippen LogP contribution in [0.15, 0.2) is 35.4 Å². The fourth-order valence-electron chi connectivity index (χ4n) is 0.976. The molecule has 0 aliphatic carbocycles. The van der Waals surface area contributed by atoms with Crippen LogP contribution in [0.4, 0.5) is 0 Å². The molecule has 0 bridgehead atoms. The first-order valence-electron chi connectivity index (χ1n) is 4.23. The Morgan fingerprint density at radius 2 is 1.62 bits per heavy atom. The summed E-state index contributed by atoms with van der Waals surface area (Å²) < 4.78 is 0. The van der Waals surface area contributed by atoms with E-state index < -0.39 is 0 Å². The molecule has 0 saturated carbocycles. The monoisotopic (exact) mass is 214 g/mol. The Morgan fingerprint density at radius 3 is 2.08 bits per heavy atom. The second kappa shape index (κ2) is 4.69. The van der Waals surface area contributed by atoms with Crippen LogP contribution in [-0.2, 0) is 0 Å². The Hall–Kier alpha value is -0.460. The fourth-order valence-corrected chi connectivity index (χ4v) is 1.43. The first-order chi connectivity index (χ1) is 6.13. The van der Waals surface area contributed by atoms with Crippen LogP contribution < -0.4 is 0 Å². The summed E-state index contributed by atoms with van der Waals surface area (Å²) >= 11 is 12.1. The Labute approximate surface area is 89.2 Å². The van der Waals surface area contributed by atoms with Gasteiger partial charge in [-0.1, -0.05) is 67.4 Å². The van der Waals surface area contributed by atoms with Gasteiger partial charge in [-0.3, -0.25) is 0 Å². The lowest BCUT2D eigenvalue weighted by molar-refractivity contribution is 0.817. The van der Waals surface area contributed by atoms with Gasteiger partial charge in [0.1, 0.15) is 0 Å². The van der Waals surface area contributed by atoms with Gasteiger partial charge in [0.05, 0.1) is 5.03 Å². The second-order valence-corrected chi connectivity index (χ2v) is 3.97. The quantitative estimate of drug-likeness (QED) is 0.681. The maximum atomic E-state index is 6.10. The lowest BCUT2D eigenvalue weighted by Crippen LogP contribution is -1.89. The third kappa shape index (κ3) is 2.75. The molecule has 70 valence electrons. The molecule has 0 amide bonds. The van der Waals surface area contributed by atoms with Gasteiger partial charge in [-0.15, -0.1) is 0 Å². The summed E-state index contributed by atoms with van der Waals surface area (Å²) in [6.45, 7) is 4.04. The van der Waals surface area contributed by atoms with Gasteiger partial charge in [0.25, 0.3) is 0 Å². The summed E-state index contributed by atoms with van der Waals surface area (Å²) in [5.41, 5.74) is 0.975. The van der Waals surface area contributed by atoms with Gasteiger partial charge in [-0.05, 0) is 11.5 Å². The molecule has 1 aromatic carbocycles. The Kier molecular flexibility index (Phi) is 3.83. The lowest BCUT2D eigenvalue weighted by atomic mass is 10.1. The molecule has 0 aliphatic rings. The van der Waals surface area contributed by atoms with Crippen LogP contribution in [-0.4, -0.2) is 0 Å². The van der Waals surface area contributed by atoms with Crippen molar-refractivity contribution < 1.29 is 0 Å². The highest BCUT2D eigenvalue weighted by Crippen LogP contribution is 2.29. The number of rotatable bonds is 2. The third-order valence-electron chi connectivity index (χ3n) is 1.74. The van der Waals surface area contributed by atoms with Crippen molar-refractivity contribution in [3.05, 3.63) is 40.9 Å². The van der Waals surface area contributed by atoms with Crippen molar-refractivity contribution in [2.24, 2.45) is 5.92 Å². The van der Waals surface area contributed by atoms with Crippen molar-refractivity contribution in [1.82, 2.24) is 0 Å². The van der Waals surface area contributed by atoms with Crippen LogP contribution >= 0.6 is 23.2 Å². The predicted octanol–water partition coefficient (Wildman–Crippen LogP) is 4.49. The van der Waals surface area contributed by atoms with E-state index in [2.05, 4.69) is 0 Å². The van der Waals surface area contributed by atoms with Crippen molar-refractivity contribution in [3.8, 4) is 0 Å². The Morgan fingerprint density at radius 1 is 1.08 bits per heavy atom. The summed E-state index contributed by atoms with van der Waals surface area (Å²) in [7, 11) is 0. The largest absolute Gasteiger partial charge is 0.0872 e. The van der Waals surface area contributed by atoms with Crippen molar-refractivity contribution in [1.29, 1.82) is 0 Å². The number of hydrogen-bond acceptors (Lipinski definition) is 0. The van der Waals surface area contributed by atoms with Gasteiger partial charge in [0.15, 0.2) is 0 Å². The van der Waals surface area contributed by atoms with Crippen LogP contribution in [0.5, 0.6) is 0 Å². The molecule has 0 saturated heterocycles. The SMILES string of the molecule is CC(C)/C(Cl)=C(\Cl)c1ccccc1. The summed E-state index contributed by atoms with van der Waals surface area (Å²) in [4.78, 5) is 0. The van der Waals surface area contributed by atoms with Crippen LogP contribution in [0.25, 0.3) is 5.03 Å². The zero-order chi connectivity index (χ0) is 9.84. The smallest absolute Gasteiger partial charge is 0.0626 e.